The van der Waals surface area contributed by atoms with Gasteiger partial charge in [0.05, 0.1) is 11.4 Å². The summed E-state index contributed by atoms with van der Waals surface area (Å²) in [7, 11) is -3.92. The number of fused-ring (bicyclic) bond motifs is 1. The SMILES string of the molecule is CCCNC(=O)[C@H](Cc1ccccc1)N(Cc1ccc(F)cc1)C(=O)CN(c1ccc2c(c1)OCO2)S(=O)(=O)CC. The van der Waals surface area contributed by atoms with E-state index >= 15 is 0 Å². The van der Waals surface area contributed by atoms with Gasteiger partial charge in [-0.2, -0.15) is 0 Å². The quantitative estimate of drug-likeness (QED) is 0.328. The normalized spacial score (nSPS) is 13.0. The van der Waals surface area contributed by atoms with Crippen molar-refractivity contribution in [2.45, 2.75) is 39.3 Å². The molecule has 1 heterocycles. The number of hydrogen-bond donors (Lipinski definition) is 1. The molecule has 0 unspecified atom stereocenters. The number of hydrogen-bond acceptors (Lipinski definition) is 6. The predicted octanol–water partition coefficient (Wildman–Crippen LogP) is 3.88. The molecular weight excluding hydrogens is 549 g/mol. The number of ether oxygens (including phenoxy) is 2. The van der Waals surface area contributed by atoms with Gasteiger partial charge in [0.2, 0.25) is 28.6 Å². The van der Waals surface area contributed by atoms with Gasteiger partial charge in [0, 0.05) is 25.6 Å². The van der Waals surface area contributed by atoms with E-state index < -0.39 is 34.3 Å². The Labute approximate surface area is 239 Å². The number of nitrogens with zero attached hydrogens (tertiary/aromatic N) is 2. The Balaban J connectivity index is 1.73. The first-order chi connectivity index (χ1) is 19.7. The van der Waals surface area contributed by atoms with Crippen LogP contribution in [0.2, 0.25) is 0 Å². The molecule has 0 aliphatic carbocycles. The molecule has 1 aliphatic rings. The Morgan fingerprint density at radius 1 is 0.951 bits per heavy atom. The molecule has 9 nitrogen and oxygen atoms in total. The van der Waals surface area contributed by atoms with Crippen molar-refractivity contribution in [2.75, 3.05) is 29.9 Å². The van der Waals surface area contributed by atoms with Gasteiger partial charge in [0.1, 0.15) is 18.4 Å². The first-order valence-electron chi connectivity index (χ1n) is 13.5. The van der Waals surface area contributed by atoms with Crippen LogP contribution in [0, 0.1) is 5.82 Å². The van der Waals surface area contributed by atoms with Crippen LogP contribution in [0.3, 0.4) is 0 Å². The zero-order chi connectivity index (χ0) is 29.4. The maximum atomic E-state index is 14.1. The molecule has 0 spiro atoms. The number of rotatable bonds is 13. The summed E-state index contributed by atoms with van der Waals surface area (Å²) in [5.74, 6) is -0.790. The fraction of sp³-hybridized carbons (Fsp3) is 0.333. The Morgan fingerprint density at radius 3 is 2.34 bits per heavy atom. The molecule has 218 valence electrons. The molecule has 4 rings (SSSR count). The van der Waals surface area contributed by atoms with Gasteiger partial charge in [-0.1, -0.05) is 49.4 Å². The van der Waals surface area contributed by atoms with Crippen molar-refractivity contribution in [1.29, 1.82) is 0 Å². The standard InChI is InChI=1S/C30H34FN3O6S/c1-3-16-32-30(36)26(17-22-8-6-5-7-9-22)33(19-23-10-12-24(31)13-11-23)29(35)20-34(41(37,38)4-2)25-14-15-27-28(18-25)40-21-39-27/h5-15,18,26H,3-4,16-17,19-21H2,1-2H3,(H,32,36)/t26-/m0/s1. The second-order valence-electron chi connectivity index (χ2n) is 9.59. The molecule has 0 aromatic heterocycles. The van der Waals surface area contributed by atoms with Crippen LogP contribution >= 0.6 is 0 Å². The average Bonchev–Trinajstić information content (AvgIpc) is 3.46. The van der Waals surface area contributed by atoms with Crippen LogP contribution in [0.4, 0.5) is 10.1 Å². The summed E-state index contributed by atoms with van der Waals surface area (Å²) < 4.78 is 52.0. The summed E-state index contributed by atoms with van der Waals surface area (Å²) in [4.78, 5) is 29.0. The Morgan fingerprint density at radius 2 is 1.66 bits per heavy atom. The molecule has 2 amide bonds. The third-order valence-corrected chi connectivity index (χ3v) is 8.45. The van der Waals surface area contributed by atoms with E-state index in [2.05, 4.69) is 5.32 Å². The van der Waals surface area contributed by atoms with Crippen LogP contribution in [-0.4, -0.2) is 56.8 Å². The minimum atomic E-state index is -3.92. The lowest BCUT2D eigenvalue weighted by Crippen LogP contribution is -2.53. The minimum absolute atomic E-state index is 0.0116. The highest BCUT2D eigenvalue weighted by Crippen LogP contribution is 2.36. The molecule has 1 N–H and O–H groups in total. The number of halogens is 1. The predicted molar refractivity (Wildman–Crippen MR) is 154 cm³/mol. The second-order valence-corrected chi connectivity index (χ2v) is 11.8. The van der Waals surface area contributed by atoms with E-state index in [1.165, 1.54) is 42.2 Å². The third-order valence-electron chi connectivity index (χ3n) is 6.71. The second kappa shape index (κ2) is 13.5. The molecular formula is C30H34FN3O6S. The number of anilines is 1. The van der Waals surface area contributed by atoms with Crippen molar-refractivity contribution in [1.82, 2.24) is 10.2 Å². The van der Waals surface area contributed by atoms with Crippen molar-refractivity contribution in [3.63, 3.8) is 0 Å². The van der Waals surface area contributed by atoms with Gasteiger partial charge in [-0.25, -0.2) is 12.8 Å². The Hall–Kier alpha value is -4.12. The van der Waals surface area contributed by atoms with Crippen molar-refractivity contribution in [3.05, 3.63) is 89.7 Å². The van der Waals surface area contributed by atoms with Gasteiger partial charge >= 0.3 is 0 Å². The van der Waals surface area contributed by atoms with E-state index in [0.29, 0.717) is 30.0 Å². The topological polar surface area (TPSA) is 105 Å². The number of benzene rings is 3. The van der Waals surface area contributed by atoms with Gasteiger partial charge in [0.15, 0.2) is 11.5 Å². The van der Waals surface area contributed by atoms with Crippen LogP contribution in [-0.2, 0) is 32.6 Å². The summed E-state index contributed by atoms with van der Waals surface area (Å²) in [6.45, 7) is 3.26. The van der Waals surface area contributed by atoms with Gasteiger partial charge in [0.25, 0.3) is 0 Å². The molecule has 0 saturated carbocycles. The highest BCUT2D eigenvalue weighted by Gasteiger charge is 2.34. The van der Waals surface area contributed by atoms with Crippen LogP contribution in [0.25, 0.3) is 0 Å². The number of sulfonamides is 1. The smallest absolute Gasteiger partial charge is 0.244 e. The van der Waals surface area contributed by atoms with Crippen LogP contribution in [0.15, 0.2) is 72.8 Å². The number of amides is 2. The summed E-state index contributed by atoms with van der Waals surface area (Å²) >= 11 is 0. The zero-order valence-electron chi connectivity index (χ0n) is 23.1. The Bertz CT molecular complexity index is 1450. The maximum absolute atomic E-state index is 14.1. The molecule has 3 aromatic rings. The lowest BCUT2D eigenvalue weighted by Gasteiger charge is -2.33. The molecule has 1 atom stereocenters. The highest BCUT2D eigenvalue weighted by molar-refractivity contribution is 7.92. The zero-order valence-corrected chi connectivity index (χ0v) is 23.9. The Kier molecular flexibility index (Phi) is 9.82. The lowest BCUT2D eigenvalue weighted by molar-refractivity contribution is -0.140. The fourth-order valence-electron chi connectivity index (χ4n) is 4.47. The summed E-state index contributed by atoms with van der Waals surface area (Å²) in [5, 5.41) is 2.88. The van der Waals surface area contributed by atoms with Gasteiger partial charge in [-0.05, 0) is 48.7 Å². The van der Waals surface area contributed by atoms with Crippen LogP contribution in [0.1, 0.15) is 31.4 Å². The first-order valence-corrected chi connectivity index (χ1v) is 15.1. The average molecular weight is 584 g/mol. The number of nitrogens with one attached hydrogen (secondary N) is 1. The molecule has 0 saturated heterocycles. The number of carbonyl (C=O) groups is 2. The van der Waals surface area contributed by atoms with Crippen LogP contribution in [0.5, 0.6) is 11.5 Å². The monoisotopic (exact) mass is 583 g/mol. The van der Waals surface area contributed by atoms with Gasteiger partial charge in [-0.15, -0.1) is 0 Å². The largest absolute Gasteiger partial charge is 0.454 e. The van der Waals surface area contributed by atoms with Crippen molar-refractivity contribution < 1.29 is 31.9 Å². The summed E-state index contributed by atoms with van der Waals surface area (Å²) in [6, 6.07) is 18.6. The molecule has 41 heavy (non-hydrogen) atoms. The maximum Gasteiger partial charge on any atom is 0.244 e. The molecule has 1 aliphatic heterocycles. The van der Waals surface area contributed by atoms with Gasteiger partial charge < -0.3 is 19.7 Å². The fourth-order valence-corrected chi connectivity index (χ4v) is 5.52. The molecule has 3 aromatic carbocycles. The van der Waals surface area contributed by atoms with Crippen LogP contribution < -0.4 is 19.1 Å². The molecule has 0 fully saturated rings. The van der Waals surface area contributed by atoms with Gasteiger partial charge in [-0.3, -0.25) is 13.9 Å². The minimum Gasteiger partial charge on any atom is -0.454 e. The third kappa shape index (κ3) is 7.55. The molecule has 0 bridgehead atoms. The number of carbonyl (C=O) groups excluding carboxylic acids is 2. The van der Waals surface area contributed by atoms with E-state index in [4.69, 9.17) is 9.47 Å². The van der Waals surface area contributed by atoms with E-state index in [1.807, 2.05) is 37.3 Å². The summed E-state index contributed by atoms with van der Waals surface area (Å²) in [6.07, 6.45) is 0.899. The first kappa shape index (κ1) is 29.9. The van der Waals surface area contributed by atoms with E-state index in [9.17, 15) is 22.4 Å². The van der Waals surface area contributed by atoms with E-state index in [-0.39, 0.29) is 37.1 Å². The van der Waals surface area contributed by atoms with E-state index in [1.54, 1.807) is 12.1 Å². The molecule has 0 radical (unpaired) electrons. The molecule has 11 heteroatoms. The lowest BCUT2D eigenvalue weighted by atomic mass is 10.0. The van der Waals surface area contributed by atoms with Crippen molar-refractivity contribution >= 4 is 27.5 Å². The highest BCUT2D eigenvalue weighted by atomic mass is 32.2. The van der Waals surface area contributed by atoms with Crippen molar-refractivity contribution in [2.24, 2.45) is 0 Å². The van der Waals surface area contributed by atoms with E-state index in [0.717, 1.165) is 9.87 Å². The van der Waals surface area contributed by atoms with Crippen molar-refractivity contribution in [3.8, 4) is 11.5 Å². The summed E-state index contributed by atoms with van der Waals surface area (Å²) in [5.41, 5.74) is 1.66.